The lowest BCUT2D eigenvalue weighted by Gasteiger charge is -2.29. The first kappa shape index (κ1) is 17.2. The Kier molecular flexibility index (Phi) is 8.02. The zero-order valence-electron chi connectivity index (χ0n) is 11.7. The molecule has 0 spiro atoms. The maximum absolute atomic E-state index is 11.5. The third-order valence-electron chi connectivity index (χ3n) is 2.35. The largest absolute Gasteiger partial charge is 0.368 e. The van der Waals surface area contributed by atoms with Crippen LogP contribution in [0.25, 0.3) is 0 Å². The van der Waals surface area contributed by atoms with Crippen LogP contribution in [0.4, 0.5) is 0 Å². The highest BCUT2D eigenvalue weighted by atomic mass is 32.2. The van der Waals surface area contributed by atoms with Gasteiger partial charge in [0.2, 0.25) is 11.8 Å². The van der Waals surface area contributed by atoms with Crippen LogP contribution in [0.15, 0.2) is 0 Å². The van der Waals surface area contributed by atoms with Gasteiger partial charge in [0, 0.05) is 18.3 Å². The zero-order chi connectivity index (χ0) is 14.2. The molecule has 1 atom stereocenters. The molecule has 0 aliphatic heterocycles. The van der Waals surface area contributed by atoms with Crippen molar-refractivity contribution in [3.63, 3.8) is 0 Å². The van der Waals surface area contributed by atoms with Gasteiger partial charge in [0.05, 0.1) is 5.75 Å². The maximum atomic E-state index is 11.5. The fourth-order valence-corrected chi connectivity index (χ4v) is 2.51. The van der Waals surface area contributed by atoms with E-state index in [0.29, 0.717) is 18.1 Å². The van der Waals surface area contributed by atoms with Crippen LogP contribution in [0.1, 0.15) is 34.1 Å². The lowest BCUT2D eigenvalue weighted by atomic mass is 10.0. The van der Waals surface area contributed by atoms with E-state index in [-0.39, 0.29) is 11.9 Å². The van der Waals surface area contributed by atoms with Crippen LogP contribution < -0.4 is 16.4 Å². The maximum Gasteiger partial charge on any atom is 0.238 e. The van der Waals surface area contributed by atoms with Crippen LogP contribution in [0.3, 0.4) is 0 Å². The summed E-state index contributed by atoms with van der Waals surface area (Å²) in [6, 6.07) is 0.164. The van der Waals surface area contributed by atoms with Crippen LogP contribution in [0.2, 0.25) is 0 Å². The second-order valence-electron chi connectivity index (χ2n) is 4.84. The Morgan fingerprint density at radius 1 is 1.39 bits per heavy atom. The van der Waals surface area contributed by atoms with Gasteiger partial charge in [0.25, 0.3) is 0 Å². The molecule has 0 aromatic heterocycles. The standard InChI is InChI=1S/C12H25N3O2S/c1-5-6-14-10(16)7-18-8-12(4,11(13)17)15-9(2)3/h9,15H,5-8H2,1-4H3,(H2,13,17)(H,14,16). The van der Waals surface area contributed by atoms with Crippen molar-refractivity contribution in [2.24, 2.45) is 5.73 Å². The van der Waals surface area contributed by atoms with E-state index in [9.17, 15) is 9.59 Å². The van der Waals surface area contributed by atoms with Crippen LogP contribution in [0.5, 0.6) is 0 Å². The van der Waals surface area contributed by atoms with Gasteiger partial charge in [-0.25, -0.2) is 0 Å². The Bertz CT molecular complexity index is 284. The molecular weight excluding hydrogens is 250 g/mol. The molecule has 106 valence electrons. The second kappa shape index (κ2) is 8.37. The molecule has 6 heteroatoms. The Balaban J connectivity index is 4.13. The minimum atomic E-state index is -0.774. The molecule has 0 saturated heterocycles. The van der Waals surface area contributed by atoms with E-state index in [4.69, 9.17) is 5.73 Å². The number of hydrogen-bond donors (Lipinski definition) is 3. The number of thioether (sulfide) groups is 1. The molecule has 18 heavy (non-hydrogen) atoms. The minimum Gasteiger partial charge on any atom is -0.368 e. The predicted molar refractivity (Wildman–Crippen MR) is 76.5 cm³/mol. The average Bonchev–Trinajstić information content (AvgIpc) is 2.25. The third kappa shape index (κ3) is 6.86. The molecule has 0 radical (unpaired) electrons. The molecule has 0 aliphatic rings. The van der Waals surface area contributed by atoms with E-state index in [1.165, 1.54) is 11.8 Å². The van der Waals surface area contributed by atoms with Crippen LogP contribution in [-0.2, 0) is 9.59 Å². The molecule has 0 aliphatic carbocycles. The smallest absolute Gasteiger partial charge is 0.238 e. The number of rotatable bonds is 9. The van der Waals surface area contributed by atoms with Crippen molar-refractivity contribution >= 4 is 23.6 Å². The Morgan fingerprint density at radius 2 is 2.00 bits per heavy atom. The molecule has 1 unspecified atom stereocenters. The summed E-state index contributed by atoms with van der Waals surface area (Å²) in [6.07, 6.45) is 0.921. The van der Waals surface area contributed by atoms with Gasteiger partial charge in [0.15, 0.2) is 0 Å². The molecule has 0 aromatic carbocycles. The summed E-state index contributed by atoms with van der Waals surface area (Å²) in [5.74, 6) is 0.443. The van der Waals surface area contributed by atoms with Crippen molar-refractivity contribution in [3.8, 4) is 0 Å². The van der Waals surface area contributed by atoms with Crippen molar-refractivity contribution < 1.29 is 9.59 Å². The summed E-state index contributed by atoms with van der Waals surface area (Å²) in [6.45, 7) is 8.38. The van der Waals surface area contributed by atoms with Crippen molar-refractivity contribution in [2.75, 3.05) is 18.1 Å². The molecule has 5 nitrogen and oxygen atoms in total. The fraction of sp³-hybridized carbons (Fsp3) is 0.833. The quantitative estimate of drug-likeness (QED) is 0.572. The van der Waals surface area contributed by atoms with E-state index in [0.717, 1.165) is 6.42 Å². The van der Waals surface area contributed by atoms with E-state index >= 15 is 0 Å². The topological polar surface area (TPSA) is 84.2 Å². The first-order chi connectivity index (χ1) is 8.31. The second-order valence-corrected chi connectivity index (χ2v) is 5.82. The molecular formula is C12H25N3O2S. The molecule has 0 bridgehead atoms. The Hall–Kier alpha value is -0.750. The summed E-state index contributed by atoms with van der Waals surface area (Å²) in [4.78, 5) is 22.9. The average molecular weight is 275 g/mol. The Labute approximate surface area is 114 Å². The number of nitrogens with two attached hydrogens (primary N) is 1. The van der Waals surface area contributed by atoms with Crippen LogP contribution in [0, 0.1) is 0 Å². The van der Waals surface area contributed by atoms with Gasteiger partial charge in [-0.1, -0.05) is 6.92 Å². The van der Waals surface area contributed by atoms with Gasteiger partial charge < -0.3 is 16.4 Å². The molecule has 0 heterocycles. The summed E-state index contributed by atoms with van der Waals surface area (Å²) in [7, 11) is 0. The number of hydrogen-bond acceptors (Lipinski definition) is 4. The lowest BCUT2D eigenvalue weighted by Crippen LogP contribution is -2.57. The summed E-state index contributed by atoms with van der Waals surface area (Å²) in [5, 5.41) is 5.94. The highest BCUT2D eigenvalue weighted by Gasteiger charge is 2.31. The summed E-state index contributed by atoms with van der Waals surface area (Å²) < 4.78 is 0. The number of amides is 2. The lowest BCUT2D eigenvalue weighted by molar-refractivity contribution is -0.123. The number of nitrogens with one attached hydrogen (secondary N) is 2. The molecule has 0 aromatic rings. The highest BCUT2D eigenvalue weighted by molar-refractivity contribution is 8.00. The summed E-state index contributed by atoms with van der Waals surface area (Å²) >= 11 is 1.41. The SMILES string of the molecule is CCCNC(=O)CSCC(C)(NC(C)C)C(N)=O. The van der Waals surface area contributed by atoms with E-state index in [1.807, 2.05) is 20.8 Å². The van der Waals surface area contributed by atoms with Crippen LogP contribution in [-0.4, -0.2) is 41.4 Å². The molecule has 0 saturated carbocycles. The number of carbonyl (C=O) groups is 2. The van der Waals surface area contributed by atoms with Gasteiger partial charge >= 0.3 is 0 Å². The van der Waals surface area contributed by atoms with E-state index in [1.54, 1.807) is 6.92 Å². The van der Waals surface area contributed by atoms with E-state index in [2.05, 4.69) is 10.6 Å². The molecule has 4 N–H and O–H groups in total. The van der Waals surface area contributed by atoms with Gasteiger partial charge in [-0.05, 0) is 27.2 Å². The van der Waals surface area contributed by atoms with Crippen molar-refractivity contribution in [1.29, 1.82) is 0 Å². The minimum absolute atomic E-state index is 0.00165. The fourth-order valence-electron chi connectivity index (χ4n) is 1.48. The third-order valence-corrected chi connectivity index (χ3v) is 3.59. The first-order valence-electron chi connectivity index (χ1n) is 6.24. The number of primary amides is 1. The zero-order valence-corrected chi connectivity index (χ0v) is 12.5. The van der Waals surface area contributed by atoms with Gasteiger partial charge in [0.1, 0.15) is 5.54 Å². The molecule has 2 amide bonds. The monoisotopic (exact) mass is 275 g/mol. The first-order valence-corrected chi connectivity index (χ1v) is 7.39. The van der Waals surface area contributed by atoms with Gasteiger partial charge in [-0.15, -0.1) is 11.8 Å². The van der Waals surface area contributed by atoms with Gasteiger partial charge in [-0.2, -0.15) is 0 Å². The van der Waals surface area contributed by atoms with Crippen molar-refractivity contribution in [2.45, 2.75) is 45.7 Å². The Morgan fingerprint density at radius 3 is 2.44 bits per heavy atom. The molecule has 0 fully saturated rings. The van der Waals surface area contributed by atoms with Gasteiger partial charge in [-0.3, -0.25) is 9.59 Å². The summed E-state index contributed by atoms with van der Waals surface area (Å²) in [5.41, 5.74) is 4.63. The number of carbonyl (C=O) groups excluding carboxylic acids is 2. The predicted octanol–water partition coefficient (Wildman–Crippen LogP) is 0.488. The normalized spacial score (nSPS) is 14.3. The highest BCUT2D eigenvalue weighted by Crippen LogP contribution is 2.13. The van der Waals surface area contributed by atoms with Crippen molar-refractivity contribution in [1.82, 2.24) is 10.6 Å². The molecule has 0 rings (SSSR count). The van der Waals surface area contributed by atoms with Crippen molar-refractivity contribution in [3.05, 3.63) is 0 Å². The van der Waals surface area contributed by atoms with E-state index < -0.39 is 11.4 Å². The van der Waals surface area contributed by atoms with Crippen LogP contribution >= 0.6 is 11.8 Å².